The van der Waals surface area contributed by atoms with E-state index in [4.69, 9.17) is 109 Å². The van der Waals surface area contributed by atoms with E-state index in [0.717, 1.165) is 5.56 Å². The van der Waals surface area contributed by atoms with Crippen LogP contribution in [-0.2, 0) is 47.2 Å². The Bertz CT molecular complexity index is 5960. The molecule has 0 atom stereocenters. The molecule has 686 valence electrons. The number of amides is 4. The molecule has 0 spiro atoms. The number of ether oxygens (including phenoxy) is 7. The molecule has 0 saturated heterocycles. The molecule has 0 bridgehead atoms. The number of nitrogen functional groups attached to an aromatic ring is 1. The third kappa shape index (κ3) is 31.9. The third-order valence-electron chi connectivity index (χ3n) is 15.6. The first kappa shape index (κ1) is 107. The number of rotatable bonds is 20. The number of carbonyl (C=O) groups is 6. The number of para-hydroxylation sites is 4. The van der Waals surface area contributed by atoms with Gasteiger partial charge in [-0.2, -0.15) is 25.5 Å². The summed E-state index contributed by atoms with van der Waals surface area (Å²) in [5.41, 5.74) is 15.8. The number of nitrogens with two attached hydrogens (primary N) is 2. The number of carbonyl (C=O) groups excluding carboxylic acids is 7. The first-order valence-corrected chi connectivity index (χ1v) is 39.3. The molecule has 0 radical (unpaired) electrons. The number of benzene rings is 4. The van der Waals surface area contributed by atoms with Crippen molar-refractivity contribution in [1.29, 1.82) is 0 Å². The van der Waals surface area contributed by atoms with Gasteiger partial charge in [-0.15, -0.1) is 45.9 Å². The number of aryl methyl sites for hydroxylation is 4. The Labute approximate surface area is 790 Å². The van der Waals surface area contributed by atoms with Crippen molar-refractivity contribution in [1.82, 2.24) is 121 Å². The topological polar surface area (TPSA) is 590 Å². The minimum Gasteiger partial charge on any atom is -0.870 e. The van der Waals surface area contributed by atoms with Crippen LogP contribution in [0.25, 0.3) is 45.6 Å². The summed E-state index contributed by atoms with van der Waals surface area (Å²) in [6.07, 6.45) is 6.50. The van der Waals surface area contributed by atoms with Gasteiger partial charge in [-0.05, 0) is 102 Å². The third-order valence-corrected chi connectivity index (χ3v) is 16.9. The van der Waals surface area contributed by atoms with E-state index in [9.17, 15) is 33.6 Å². The van der Waals surface area contributed by atoms with Gasteiger partial charge in [0.2, 0.25) is 0 Å². The average molecular weight is 1920 g/mol. The second-order valence-corrected chi connectivity index (χ2v) is 29.8. The number of halogens is 6. The molecular formula is C79H86Cl6LiN30O15-. The van der Waals surface area contributed by atoms with Gasteiger partial charge in [-0.3, -0.25) is 38.4 Å². The van der Waals surface area contributed by atoms with Crippen LogP contribution < -0.4 is 81.2 Å². The van der Waals surface area contributed by atoms with Crippen LogP contribution in [0.4, 0.5) is 55.2 Å². The number of nitrogens with one attached hydrogen (secondary N) is 6. The van der Waals surface area contributed by atoms with E-state index < -0.39 is 41.2 Å². The number of ketones is 1. The number of esters is 1. The summed E-state index contributed by atoms with van der Waals surface area (Å²) in [5, 5.41) is 71.7. The van der Waals surface area contributed by atoms with Crippen molar-refractivity contribution < 1.29 is 91.1 Å². The minimum absolute atomic E-state index is 0. The molecule has 13 aromatic rings. The number of primary amides is 1. The van der Waals surface area contributed by atoms with Crippen LogP contribution in [0.5, 0.6) is 23.0 Å². The maximum absolute atomic E-state index is 12.4. The van der Waals surface area contributed by atoms with Crippen LogP contribution in [-0.4, -0.2) is 218 Å². The Hall–Kier alpha value is -14.2. The van der Waals surface area contributed by atoms with Crippen LogP contribution in [0.1, 0.15) is 96.1 Å². The number of hydrogen-bond donors (Lipinski definition) is 8. The van der Waals surface area contributed by atoms with Crippen LogP contribution in [0, 0.1) is 0 Å². The Morgan fingerprint density at radius 2 is 0.763 bits per heavy atom. The summed E-state index contributed by atoms with van der Waals surface area (Å²) in [4.78, 5) is 96.1. The van der Waals surface area contributed by atoms with E-state index in [0.29, 0.717) is 103 Å². The maximum Gasteiger partial charge on any atom is 1.00 e. The molecule has 45 nitrogen and oxygen atoms in total. The van der Waals surface area contributed by atoms with Crippen molar-refractivity contribution in [3.63, 3.8) is 0 Å². The number of hydrogen-bond acceptors (Lipinski definition) is 37. The van der Waals surface area contributed by atoms with Gasteiger partial charge in [0.15, 0.2) is 90.4 Å². The number of nitrogens with zero attached hydrogens (tertiary/aromatic N) is 22. The first-order valence-electron chi connectivity index (χ1n) is 37.1. The fourth-order valence-corrected chi connectivity index (χ4v) is 11.5. The molecule has 0 aliphatic carbocycles. The maximum atomic E-state index is 12.4. The standard InChI is InChI=1S/C21H26N8O4.C16H16ClN7O2.C16H15ClN6O3.C10H12N4O.C6H4Cl2N2O.C5HCl2N2O.C5H11NO2.Li.H2O/c1-21(2,3)33-20(31)25-15-10-14(16(27-26-15)19(30)22-4)24-13-9-7-8-12(17(13)32-6)18-23-11-29(5)28-18;1-18-16(25)13-11(7-12(17)21-22-13)20-10-6-4-5-9(14(10)26-3)15-19-8-24(2)23-15;1-23-8-18-15(22-23)9-5-4-6-10(14(9)25-2)19-11-7-12(17)20-21-13(11)16(24)26-3;1-14-6-12-10(13-14)7-4-3-5-8(11)9(7)15-2;1-3(11)6-4(7)2-5(8)9-10-6;6-3-1-5(7)9-8-4(3)2-10;1-5(2,3)8-4(6)7;;/h7-11H,1-6H3,(H,22,30)(H2,24,25,26,31);4-8H,1-3H3,(H,18,25)(H,20,21);4-8H,1-3H3,(H,19,20);3-6H,11H2,1-2H3;2H,1H3;1H;1-3H3,(H2,6,7);;1H2/q;;;;;-1;;+1;/p-1. The van der Waals surface area contributed by atoms with E-state index in [1.165, 1.54) is 79.0 Å². The van der Waals surface area contributed by atoms with Crippen molar-refractivity contribution in [2.45, 2.75) is 59.7 Å². The van der Waals surface area contributed by atoms with Crippen molar-refractivity contribution in [3.8, 4) is 68.5 Å². The Kier molecular flexibility index (Phi) is 41.4. The van der Waals surface area contributed by atoms with Crippen LogP contribution >= 0.6 is 69.6 Å². The van der Waals surface area contributed by atoms with Crippen LogP contribution in [0.2, 0.25) is 30.7 Å². The summed E-state index contributed by atoms with van der Waals surface area (Å²) in [7, 11) is 17.6. The Morgan fingerprint density at radius 1 is 0.427 bits per heavy atom. The van der Waals surface area contributed by atoms with Crippen LogP contribution in [0.3, 0.4) is 0 Å². The molecule has 9 aromatic heterocycles. The SMILES string of the molecule is CC(=O)c1nnc(Cl)cc1Cl.CC(C)(C)OC(N)=O.CNC(=O)c1nnc(Cl)cc1Nc1cccc(-c2ncn(C)n2)c1OC.CNC(=O)c1nnc(NC(=O)OC(C)(C)C)cc1Nc1cccc(-c2ncn(C)n2)c1OC.COC(=O)c1nnc(Cl)cc1Nc1cccc(-c2ncn(C)n2)c1OC.COc1c(N)cccc1-c1ncn(C)n1.O=[C-]c1nnc(Cl)cc1Cl.[Li+].[OH-]. The van der Waals surface area contributed by atoms with Gasteiger partial charge in [0.25, 0.3) is 11.8 Å². The van der Waals surface area contributed by atoms with Gasteiger partial charge >= 0.3 is 37.0 Å². The van der Waals surface area contributed by atoms with Crippen molar-refractivity contribution in [2.75, 3.05) is 76.6 Å². The predicted octanol–water partition coefficient (Wildman–Crippen LogP) is 9.24. The minimum atomic E-state index is -0.725. The summed E-state index contributed by atoms with van der Waals surface area (Å²) in [6, 6.07) is 29.0. The zero-order valence-corrected chi connectivity index (χ0v) is 78.1. The monoisotopic (exact) mass is 1910 g/mol. The van der Waals surface area contributed by atoms with E-state index in [2.05, 4.69) is 128 Å². The average Bonchev–Trinajstić information content (AvgIpc) is 1.80. The second kappa shape index (κ2) is 50.5. The molecule has 9 heterocycles. The van der Waals surface area contributed by atoms with E-state index in [1.807, 2.05) is 49.5 Å². The quantitative estimate of drug-likeness (QED) is 0.00879. The number of aromatic nitrogens is 22. The molecule has 13 rings (SSSR count). The number of Topliss-reactive ketones (excluding diaryl/α,β-unsaturated/α-hetero) is 1. The molecule has 52 heteroatoms. The normalized spacial score (nSPS) is 10.3. The molecule has 0 saturated carbocycles. The van der Waals surface area contributed by atoms with Gasteiger partial charge in [0.05, 0.1) is 103 Å². The van der Waals surface area contributed by atoms with Gasteiger partial charge in [0, 0.05) is 73.7 Å². The predicted molar refractivity (Wildman–Crippen MR) is 482 cm³/mol. The molecule has 131 heavy (non-hydrogen) atoms. The van der Waals surface area contributed by atoms with Gasteiger partial charge in [-0.25, -0.2) is 45.9 Å². The first-order chi connectivity index (χ1) is 61.1. The molecule has 0 unspecified atom stereocenters. The van der Waals surface area contributed by atoms with Crippen molar-refractivity contribution in [2.24, 2.45) is 33.9 Å². The number of methoxy groups -OCH3 is 5. The molecule has 11 N–H and O–H groups in total. The molecule has 4 aromatic carbocycles. The molecule has 0 fully saturated rings. The van der Waals surface area contributed by atoms with Gasteiger partial charge < -0.3 is 81.5 Å². The summed E-state index contributed by atoms with van der Waals surface area (Å²) < 4.78 is 42.9. The van der Waals surface area contributed by atoms with Crippen LogP contribution in [0.15, 0.2) is 128 Å². The second-order valence-electron chi connectivity index (χ2n) is 27.5. The molecule has 0 aliphatic heterocycles. The zero-order valence-electron chi connectivity index (χ0n) is 73.5. The van der Waals surface area contributed by atoms with E-state index >= 15 is 0 Å². The van der Waals surface area contributed by atoms with Crippen molar-refractivity contribution in [3.05, 3.63) is 188 Å². The van der Waals surface area contributed by atoms with Crippen molar-refractivity contribution >= 4 is 157 Å². The summed E-state index contributed by atoms with van der Waals surface area (Å²) in [6.45, 7) is 11.9. The fourth-order valence-electron chi connectivity index (χ4n) is 10.3. The van der Waals surface area contributed by atoms with E-state index in [-0.39, 0.29) is 95.1 Å². The molecular weight excluding hydrogens is 1830 g/mol. The zero-order chi connectivity index (χ0) is 95.1. The largest absolute Gasteiger partial charge is 1.00 e. The summed E-state index contributed by atoms with van der Waals surface area (Å²) >= 11 is 33.8. The fraction of sp³-hybridized carbons (Fsp3) is 0.253. The molecule has 0 aliphatic rings. The van der Waals surface area contributed by atoms with Gasteiger partial charge in [0.1, 0.15) is 47.4 Å². The summed E-state index contributed by atoms with van der Waals surface area (Å²) in [5.74, 6) is 2.60. The van der Waals surface area contributed by atoms with E-state index in [1.54, 1.807) is 151 Å². The van der Waals surface area contributed by atoms with Gasteiger partial charge in [-0.1, -0.05) is 93.4 Å². The smallest absolute Gasteiger partial charge is 0.870 e. The molecule has 4 amide bonds. The Morgan fingerprint density at radius 3 is 1.08 bits per heavy atom. The Balaban J connectivity index is 0.000000283. The number of anilines is 8.